The summed E-state index contributed by atoms with van der Waals surface area (Å²) in [4.78, 5) is 10.3. The molecule has 0 fully saturated rings. The standard InChI is InChI=1S/C9H10O3/c1-2-7(6-9(10)11)8-4-3-5-12-8/h3-6H,2H2,1H3,(H,10,11)/b7-6-. The summed E-state index contributed by atoms with van der Waals surface area (Å²) < 4.78 is 5.06. The van der Waals surface area contributed by atoms with Crippen LogP contribution in [0.4, 0.5) is 0 Å². The van der Waals surface area contributed by atoms with Crippen LogP contribution in [-0.2, 0) is 4.79 Å². The van der Waals surface area contributed by atoms with E-state index in [-0.39, 0.29) is 0 Å². The molecule has 0 atom stereocenters. The van der Waals surface area contributed by atoms with Gasteiger partial charge >= 0.3 is 5.97 Å². The van der Waals surface area contributed by atoms with Crippen molar-refractivity contribution in [2.75, 3.05) is 0 Å². The minimum Gasteiger partial charge on any atom is -0.478 e. The van der Waals surface area contributed by atoms with E-state index in [4.69, 9.17) is 9.52 Å². The molecule has 1 aromatic heterocycles. The van der Waals surface area contributed by atoms with Crippen molar-refractivity contribution in [1.29, 1.82) is 0 Å². The smallest absolute Gasteiger partial charge is 0.328 e. The predicted molar refractivity (Wildman–Crippen MR) is 44.6 cm³/mol. The van der Waals surface area contributed by atoms with Crippen molar-refractivity contribution < 1.29 is 14.3 Å². The molecule has 0 aliphatic rings. The summed E-state index contributed by atoms with van der Waals surface area (Å²) in [5.74, 6) is -0.317. The van der Waals surface area contributed by atoms with Crippen molar-refractivity contribution in [3.05, 3.63) is 30.2 Å². The largest absolute Gasteiger partial charge is 0.478 e. The highest BCUT2D eigenvalue weighted by Crippen LogP contribution is 2.17. The second-order valence-corrected chi connectivity index (χ2v) is 2.34. The van der Waals surface area contributed by atoms with Crippen LogP contribution in [0.25, 0.3) is 5.57 Å². The van der Waals surface area contributed by atoms with Gasteiger partial charge < -0.3 is 9.52 Å². The van der Waals surface area contributed by atoms with Gasteiger partial charge in [0.2, 0.25) is 0 Å². The van der Waals surface area contributed by atoms with E-state index in [9.17, 15) is 4.79 Å². The van der Waals surface area contributed by atoms with Gasteiger partial charge in [0, 0.05) is 11.6 Å². The fraction of sp³-hybridized carbons (Fsp3) is 0.222. The van der Waals surface area contributed by atoms with Gasteiger partial charge in [0.05, 0.1) is 6.26 Å². The van der Waals surface area contributed by atoms with Gasteiger partial charge in [-0.3, -0.25) is 0 Å². The summed E-state index contributed by atoms with van der Waals surface area (Å²) in [7, 11) is 0. The minimum atomic E-state index is -0.941. The zero-order chi connectivity index (χ0) is 8.97. The Bertz CT molecular complexity index is 283. The number of carbonyl (C=O) groups is 1. The first kappa shape index (κ1) is 8.59. The Morgan fingerprint density at radius 2 is 2.50 bits per heavy atom. The molecule has 1 N–H and O–H groups in total. The highest BCUT2D eigenvalue weighted by molar-refractivity contribution is 5.89. The molecule has 0 saturated heterocycles. The first-order valence-electron chi connectivity index (χ1n) is 3.71. The van der Waals surface area contributed by atoms with Crippen molar-refractivity contribution in [2.24, 2.45) is 0 Å². The first-order valence-corrected chi connectivity index (χ1v) is 3.71. The quantitative estimate of drug-likeness (QED) is 0.700. The van der Waals surface area contributed by atoms with Crippen LogP contribution < -0.4 is 0 Å². The number of carboxylic acids is 1. The number of furan rings is 1. The Kier molecular flexibility index (Phi) is 2.69. The lowest BCUT2D eigenvalue weighted by Gasteiger charge is -1.96. The molecule has 1 heterocycles. The average Bonchev–Trinajstić information content (AvgIpc) is 2.51. The topological polar surface area (TPSA) is 50.4 Å². The van der Waals surface area contributed by atoms with Gasteiger partial charge in [-0.1, -0.05) is 6.92 Å². The van der Waals surface area contributed by atoms with Crippen LogP contribution >= 0.6 is 0 Å². The monoisotopic (exact) mass is 166 g/mol. The van der Waals surface area contributed by atoms with Gasteiger partial charge in [-0.05, 0) is 18.6 Å². The summed E-state index contributed by atoms with van der Waals surface area (Å²) in [6.45, 7) is 1.89. The van der Waals surface area contributed by atoms with Crippen LogP contribution in [0.15, 0.2) is 28.9 Å². The number of aliphatic carboxylic acids is 1. The van der Waals surface area contributed by atoms with E-state index in [1.54, 1.807) is 12.1 Å². The molecule has 0 bridgehead atoms. The fourth-order valence-corrected chi connectivity index (χ4v) is 0.958. The highest BCUT2D eigenvalue weighted by Gasteiger charge is 2.03. The molecule has 0 radical (unpaired) electrons. The lowest BCUT2D eigenvalue weighted by atomic mass is 10.1. The normalized spacial score (nSPS) is 11.6. The van der Waals surface area contributed by atoms with Crippen LogP contribution in [0.3, 0.4) is 0 Å². The maximum absolute atomic E-state index is 10.3. The molecule has 0 aliphatic carbocycles. The molecule has 0 saturated carbocycles. The second-order valence-electron chi connectivity index (χ2n) is 2.34. The Labute approximate surface area is 70.3 Å². The van der Waals surface area contributed by atoms with E-state index in [0.717, 1.165) is 0 Å². The van der Waals surface area contributed by atoms with Crippen molar-refractivity contribution >= 4 is 11.5 Å². The Morgan fingerprint density at radius 1 is 1.75 bits per heavy atom. The van der Waals surface area contributed by atoms with Crippen LogP contribution in [0.2, 0.25) is 0 Å². The number of hydrogen-bond donors (Lipinski definition) is 1. The lowest BCUT2D eigenvalue weighted by Crippen LogP contribution is -1.90. The Hall–Kier alpha value is -1.51. The molecule has 12 heavy (non-hydrogen) atoms. The minimum absolute atomic E-state index is 0.625. The average molecular weight is 166 g/mol. The number of allylic oxidation sites excluding steroid dienone is 1. The van der Waals surface area contributed by atoms with E-state index in [0.29, 0.717) is 17.8 Å². The van der Waals surface area contributed by atoms with Gasteiger partial charge in [0.15, 0.2) is 0 Å². The first-order chi connectivity index (χ1) is 5.74. The SMILES string of the molecule is CC/C(=C/C(=O)O)c1ccco1. The molecule has 1 rings (SSSR count). The van der Waals surface area contributed by atoms with E-state index >= 15 is 0 Å². The highest BCUT2D eigenvalue weighted by atomic mass is 16.4. The molecule has 64 valence electrons. The molecule has 0 aliphatic heterocycles. The molecular formula is C9H10O3. The number of carboxylic acid groups (broad SMARTS) is 1. The maximum Gasteiger partial charge on any atom is 0.328 e. The van der Waals surface area contributed by atoms with Crippen molar-refractivity contribution in [3.8, 4) is 0 Å². The fourth-order valence-electron chi connectivity index (χ4n) is 0.958. The third kappa shape index (κ3) is 1.99. The molecule has 0 spiro atoms. The molecular weight excluding hydrogens is 156 g/mol. The molecule has 0 aromatic carbocycles. The predicted octanol–water partition coefficient (Wildman–Crippen LogP) is 2.16. The Morgan fingerprint density at radius 3 is 2.92 bits per heavy atom. The van der Waals surface area contributed by atoms with Crippen LogP contribution in [0.5, 0.6) is 0 Å². The molecule has 0 amide bonds. The zero-order valence-corrected chi connectivity index (χ0v) is 6.78. The molecule has 0 unspecified atom stereocenters. The summed E-state index contributed by atoms with van der Waals surface area (Å²) in [6.07, 6.45) is 3.35. The summed E-state index contributed by atoms with van der Waals surface area (Å²) in [5, 5.41) is 8.50. The van der Waals surface area contributed by atoms with Crippen molar-refractivity contribution in [2.45, 2.75) is 13.3 Å². The molecule has 3 heteroatoms. The van der Waals surface area contributed by atoms with E-state index < -0.39 is 5.97 Å². The third-order valence-electron chi connectivity index (χ3n) is 1.52. The van der Waals surface area contributed by atoms with Gasteiger partial charge in [-0.15, -0.1) is 0 Å². The van der Waals surface area contributed by atoms with Gasteiger partial charge in [-0.25, -0.2) is 4.79 Å². The maximum atomic E-state index is 10.3. The van der Waals surface area contributed by atoms with E-state index in [2.05, 4.69) is 0 Å². The van der Waals surface area contributed by atoms with Crippen LogP contribution in [0.1, 0.15) is 19.1 Å². The van der Waals surface area contributed by atoms with Crippen LogP contribution in [0, 0.1) is 0 Å². The molecule has 1 aromatic rings. The third-order valence-corrected chi connectivity index (χ3v) is 1.52. The van der Waals surface area contributed by atoms with Crippen molar-refractivity contribution in [1.82, 2.24) is 0 Å². The van der Waals surface area contributed by atoms with Crippen molar-refractivity contribution in [3.63, 3.8) is 0 Å². The van der Waals surface area contributed by atoms with Gasteiger partial charge in [0.25, 0.3) is 0 Å². The van der Waals surface area contributed by atoms with E-state index in [1.165, 1.54) is 12.3 Å². The Balaban J connectivity index is 2.91. The number of hydrogen-bond acceptors (Lipinski definition) is 2. The lowest BCUT2D eigenvalue weighted by molar-refractivity contribution is -0.131. The second kappa shape index (κ2) is 3.76. The summed E-state index contributed by atoms with van der Waals surface area (Å²) in [5.41, 5.74) is 0.701. The number of rotatable bonds is 3. The van der Waals surface area contributed by atoms with Gasteiger partial charge in [0.1, 0.15) is 5.76 Å². The summed E-state index contributed by atoms with van der Waals surface area (Å²) >= 11 is 0. The van der Waals surface area contributed by atoms with Crippen LogP contribution in [-0.4, -0.2) is 11.1 Å². The van der Waals surface area contributed by atoms with E-state index in [1.807, 2.05) is 6.92 Å². The zero-order valence-electron chi connectivity index (χ0n) is 6.78. The summed E-state index contributed by atoms with van der Waals surface area (Å²) in [6, 6.07) is 3.49. The van der Waals surface area contributed by atoms with Gasteiger partial charge in [-0.2, -0.15) is 0 Å². The molecule has 3 nitrogen and oxygen atoms in total.